The Hall–Kier alpha value is -1.56. The molecule has 0 aromatic heterocycles. The highest BCUT2D eigenvalue weighted by atomic mass is 32.2. The van der Waals surface area contributed by atoms with Gasteiger partial charge in [0.15, 0.2) is 17.5 Å². The molecule has 2 heterocycles. The van der Waals surface area contributed by atoms with Crippen molar-refractivity contribution in [3.05, 3.63) is 23.8 Å². The number of guanidine groups is 1. The third-order valence-electron chi connectivity index (χ3n) is 4.02. The zero-order valence-electron chi connectivity index (χ0n) is 13.6. The van der Waals surface area contributed by atoms with Crippen molar-refractivity contribution in [2.45, 2.75) is 31.1 Å². The van der Waals surface area contributed by atoms with E-state index in [0.717, 1.165) is 42.6 Å². The van der Waals surface area contributed by atoms with Gasteiger partial charge < -0.3 is 20.1 Å². The Bertz CT molecular complexity index is 545. The van der Waals surface area contributed by atoms with Crippen LogP contribution >= 0.6 is 11.8 Å². The Balaban J connectivity index is 1.51. The van der Waals surface area contributed by atoms with Gasteiger partial charge in [0.2, 0.25) is 0 Å². The van der Waals surface area contributed by atoms with Gasteiger partial charge in [0.1, 0.15) is 0 Å². The van der Waals surface area contributed by atoms with Crippen LogP contribution in [-0.2, 0) is 6.54 Å². The predicted molar refractivity (Wildman–Crippen MR) is 95.7 cm³/mol. The number of benzene rings is 1. The normalized spacial score (nSPS) is 20.9. The van der Waals surface area contributed by atoms with Crippen LogP contribution in [0.5, 0.6) is 11.5 Å². The molecule has 0 aliphatic carbocycles. The summed E-state index contributed by atoms with van der Waals surface area (Å²) in [7, 11) is 1.81. The van der Waals surface area contributed by atoms with E-state index < -0.39 is 0 Å². The molecule has 5 nitrogen and oxygen atoms in total. The van der Waals surface area contributed by atoms with E-state index in [-0.39, 0.29) is 0 Å². The molecule has 6 heteroatoms. The summed E-state index contributed by atoms with van der Waals surface area (Å²) in [5.41, 5.74) is 1.16. The third kappa shape index (κ3) is 4.70. The number of fused-ring (bicyclic) bond motifs is 1. The molecule has 0 bridgehead atoms. The van der Waals surface area contributed by atoms with Crippen molar-refractivity contribution >= 4 is 17.7 Å². The highest BCUT2D eigenvalue weighted by Crippen LogP contribution is 2.30. The van der Waals surface area contributed by atoms with Gasteiger partial charge in [-0.1, -0.05) is 6.07 Å². The van der Waals surface area contributed by atoms with Gasteiger partial charge in [-0.25, -0.2) is 0 Å². The van der Waals surface area contributed by atoms with Crippen LogP contribution in [0.4, 0.5) is 0 Å². The van der Waals surface area contributed by atoms with E-state index in [1.165, 1.54) is 18.6 Å². The monoisotopic (exact) mass is 335 g/mol. The number of nitrogens with zero attached hydrogens (tertiary/aromatic N) is 1. The average Bonchev–Trinajstić information content (AvgIpc) is 2.99. The SMILES string of the molecule is CN=C(NCc1ccc2c(c1)OCCCO2)NCC1CCCS1. The van der Waals surface area contributed by atoms with Crippen molar-refractivity contribution in [3.8, 4) is 11.5 Å². The molecule has 0 amide bonds. The van der Waals surface area contributed by atoms with Gasteiger partial charge in [-0.05, 0) is 36.3 Å². The second kappa shape index (κ2) is 8.34. The third-order valence-corrected chi connectivity index (χ3v) is 5.41. The number of thioether (sulfide) groups is 1. The van der Waals surface area contributed by atoms with Crippen molar-refractivity contribution < 1.29 is 9.47 Å². The molecule has 23 heavy (non-hydrogen) atoms. The van der Waals surface area contributed by atoms with Gasteiger partial charge >= 0.3 is 0 Å². The van der Waals surface area contributed by atoms with Crippen LogP contribution in [-0.4, -0.2) is 43.8 Å². The molecule has 2 aliphatic rings. The molecule has 1 aromatic rings. The van der Waals surface area contributed by atoms with Crippen LogP contribution in [0.2, 0.25) is 0 Å². The van der Waals surface area contributed by atoms with Crippen molar-refractivity contribution in [3.63, 3.8) is 0 Å². The van der Waals surface area contributed by atoms with Crippen LogP contribution in [0.15, 0.2) is 23.2 Å². The zero-order chi connectivity index (χ0) is 15.9. The van der Waals surface area contributed by atoms with Gasteiger partial charge in [-0.3, -0.25) is 4.99 Å². The first-order valence-corrected chi connectivity index (χ1v) is 9.34. The number of rotatable bonds is 4. The van der Waals surface area contributed by atoms with Gasteiger partial charge in [-0.2, -0.15) is 11.8 Å². The highest BCUT2D eigenvalue weighted by molar-refractivity contribution is 8.00. The van der Waals surface area contributed by atoms with Crippen LogP contribution in [0.1, 0.15) is 24.8 Å². The lowest BCUT2D eigenvalue weighted by molar-refractivity contribution is 0.297. The topological polar surface area (TPSA) is 54.9 Å². The fourth-order valence-electron chi connectivity index (χ4n) is 2.74. The first-order valence-electron chi connectivity index (χ1n) is 8.30. The summed E-state index contributed by atoms with van der Waals surface area (Å²) in [5, 5.41) is 7.50. The summed E-state index contributed by atoms with van der Waals surface area (Å²) in [6.45, 7) is 3.13. The van der Waals surface area contributed by atoms with Gasteiger partial charge in [-0.15, -0.1) is 0 Å². The van der Waals surface area contributed by atoms with E-state index in [2.05, 4.69) is 33.5 Å². The molecule has 1 saturated heterocycles. The Labute approximate surface area is 142 Å². The van der Waals surface area contributed by atoms with Gasteiger partial charge in [0, 0.05) is 31.8 Å². The Kier molecular flexibility index (Phi) is 5.91. The molecule has 2 aliphatic heterocycles. The fraction of sp³-hybridized carbons (Fsp3) is 0.588. The minimum Gasteiger partial charge on any atom is -0.490 e. The second-order valence-electron chi connectivity index (χ2n) is 5.77. The lowest BCUT2D eigenvalue weighted by Gasteiger charge is -2.15. The van der Waals surface area contributed by atoms with Crippen molar-refractivity contribution in [2.24, 2.45) is 4.99 Å². The smallest absolute Gasteiger partial charge is 0.191 e. The molecule has 1 aromatic carbocycles. The van der Waals surface area contributed by atoms with E-state index in [1.807, 2.05) is 19.2 Å². The van der Waals surface area contributed by atoms with Gasteiger partial charge in [0.05, 0.1) is 13.2 Å². The molecule has 1 atom stereocenters. The van der Waals surface area contributed by atoms with E-state index in [9.17, 15) is 0 Å². The summed E-state index contributed by atoms with van der Waals surface area (Å²) < 4.78 is 11.4. The number of ether oxygens (including phenoxy) is 2. The maximum absolute atomic E-state index is 5.74. The molecule has 0 saturated carbocycles. The summed E-state index contributed by atoms with van der Waals surface area (Å²) in [6.07, 6.45) is 3.56. The minimum absolute atomic E-state index is 0.714. The van der Waals surface area contributed by atoms with Crippen LogP contribution in [0, 0.1) is 0 Å². The fourth-order valence-corrected chi connectivity index (χ4v) is 3.94. The molecule has 0 spiro atoms. The lowest BCUT2D eigenvalue weighted by atomic mass is 10.2. The minimum atomic E-state index is 0.714. The number of aliphatic imine (C=N–C) groups is 1. The number of nitrogens with one attached hydrogen (secondary N) is 2. The summed E-state index contributed by atoms with van der Waals surface area (Å²) in [4.78, 5) is 4.30. The second-order valence-corrected chi connectivity index (χ2v) is 7.18. The van der Waals surface area contributed by atoms with E-state index >= 15 is 0 Å². The standard InChI is InChI=1S/C17H25N3O2S/c1-18-17(20-12-14-4-2-9-23-14)19-11-13-5-6-15-16(10-13)22-8-3-7-21-15/h5-6,10,14H,2-4,7-9,11-12H2,1H3,(H2,18,19,20). The highest BCUT2D eigenvalue weighted by Gasteiger charge is 2.15. The molecule has 1 unspecified atom stereocenters. The Morgan fingerprint density at radius 2 is 2.09 bits per heavy atom. The Morgan fingerprint density at radius 1 is 1.22 bits per heavy atom. The van der Waals surface area contributed by atoms with Crippen molar-refractivity contribution in [1.29, 1.82) is 0 Å². The quantitative estimate of drug-likeness (QED) is 0.654. The number of hydrogen-bond acceptors (Lipinski definition) is 4. The lowest BCUT2D eigenvalue weighted by Crippen LogP contribution is -2.39. The maximum atomic E-state index is 5.74. The van der Waals surface area contributed by atoms with Crippen LogP contribution in [0.25, 0.3) is 0 Å². The molecule has 126 valence electrons. The summed E-state index contributed by atoms with van der Waals surface area (Å²) >= 11 is 2.05. The zero-order valence-corrected chi connectivity index (χ0v) is 14.5. The number of hydrogen-bond donors (Lipinski definition) is 2. The molecule has 0 radical (unpaired) electrons. The van der Waals surface area contributed by atoms with E-state index in [4.69, 9.17) is 9.47 Å². The largest absolute Gasteiger partial charge is 0.490 e. The molecule has 2 N–H and O–H groups in total. The Morgan fingerprint density at radius 3 is 2.87 bits per heavy atom. The summed E-state index contributed by atoms with van der Waals surface area (Å²) in [5.74, 6) is 3.82. The van der Waals surface area contributed by atoms with Crippen molar-refractivity contribution in [2.75, 3.05) is 32.6 Å². The first kappa shape index (κ1) is 16.3. The van der Waals surface area contributed by atoms with Crippen LogP contribution < -0.4 is 20.1 Å². The average molecular weight is 335 g/mol. The van der Waals surface area contributed by atoms with Gasteiger partial charge in [0.25, 0.3) is 0 Å². The van der Waals surface area contributed by atoms with E-state index in [0.29, 0.717) is 18.4 Å². The molecular weight excluding hydrogens is 310 g/mol. The molecule has 1 fully saturated rings. The van der Waals surface area contributed by atoms with E-state index in [1.54, 1.807) is 0 Å². The first-order chi connectivity index (χ1) is 11.3. The summed E-state index contributed by atoms with van der Waals surface area (Å²) in [6, 6.07) is 6.11. The molecular formula is C17H25N3O2S. The predicted octanol–water partition coefficient (Wildman–Crippen LogP) is 2.41. The maximum Gasteiger partial charge on any atom is 0.191 e. The van der Waals surface area contributed by atoms with Crippen molar-refractivity contribution in [1.82, 2.24) is 10.6 Å². The molecule has 3 rings (SSSR count). The van der Waals surface area contributed by atoms with Crippen LogP contribution in [0.3, 0.4) is 0 Å².